The summed E-state index contributed by atoms with van der Waals surface area (Å²) in [7, 11) is 0. The molecule has 0 N–H and O–H groups in total. The Morgan fingerprint density at radius 2 is 0.613 bits per heavy atom. The van der Waals surface area contributed by atoms with Gasteiger partial charge in [0.15, 0.2) is 0 Å². The maximum Gasteiger partial charge on any atom is 0.461 e. The maximum atomic E-state index is 13.6. The third-order valence-corrected chi connectivity index (χ3v) is 3.22. The zero-order valence-corrected chi connectivity index (χ0v) is 12.9. The molecule has 1 unspecified atom stereocenters. The lowest BCUT2D eigenvalue weighted by atomic mass is 9.88. The van der Waals surface area contributed by atoms with Crippen molar-refractivity contribution in [3.05, 3.63) is 0 Å². The molecule has 1 nitrogen and oxygen atoms in total. The number of alkyl halides is 20. The standard InChI is InChI=1S/C9F21N/c10-1(5(17,18)19,2(11,12)3(13,14)6(20,21)22)8(26,27)31(30)9(28,29)4(15,16)7(23,24)25. The van der Waals surface area contributed by atoms with Gasteiger partial charge in [-0.15, -0.1) is 4.48 Å². The Hall–Kier alpha value is -1.51. The van der Waals surface area contributed by atoms with Crippen LogP contribution in [0.1, 0.15) is 0 Å². The van der Waals surface area contributed by atoms with E-state index in [-0.39, 0.29) is 0 Å². The molecule has 31 heavy (non-hydrogen) atoms. The van der Waals surface area contributed by atoms with Gasteiger partial charge in [-0.2, -0.15) is 83.4 Å². The molecule has 0 spiro atoms. The van der Waals surface area contributed by atoms with Crippen molar-refractivity contribution in [2.24, 2.45) is 0 Å². The Morgan fingerprint density at radius 3 is 0.839 bits per heavy atom. The molecule has 0 aliphatic rings. The van der Waals surface area contributed by atoms with Crippen molar-refractivity contribution in [2.45, 2.75) is 54.1 Å². The summed E-state index contributed by atoms with van der Waals surface area (Å²) in [5.74, 6) is -25.9. The monoisotopic (exact) mass is 521 g/mol. The van der Waals surface area contributed by atoms with E-state index in [2.05, 4.69) is 0 Å². The summed E-state index contributed by atoms with van der Waals surface area (Å²) in [6, 6.07) is -17.4. The summed E-state index contributed by atoms with van der Waals surface area (Å²) < 4.78 is 264. The van der Waals surface area contributed by atoms with Gasteiger partial charge in [0.25, 0.3) is 0 Å². The first-order valence-corrected chi connectivity index (χ1v) is 6.15. The van der Waals surface area contributed by atoms with Crippen LogP contribution in [0.15, 0.2) is 0 Å². The van der Waals surface area contributed by atoms with Crippen molar-refractivity contribution < 1.29 is 92.3 Å². The van der Waals surface area contributed by atoms with Gasteiger partial charge in [-0.1, -0.05) is 0 Å². The minimum Gasteiger partial charge on any atom is -0.218 e. The molecule has 0 heterocycles. The van der Waals surface area contributed by atoms with Gasteiger partial charge in [0.2, 0.25) is 0 Å². The highest BCUT2D eigenvalue weighted by atomic mass is 19.4. The summed E-state index contributed by atoms with van der Waals surface area (Å²) in [6.45, 7) is 0. The van der Waals surface area contributed by atoms with Crippen LogP contribution in [0.3, 0.4) is 0 Å². The van der Waals surface area contributed by atoms with Crippen molar-refractivity contribution in [2.75, 3.05) is 0 Å². The average molecular weight is 521 g/mol. The third kappa shape index (κ3) is 3.70. The maximum absolute atomic E-state index is 13.6. The Morgan fingerprint density at radius 1 is 0.323 bits per heavy atom. The Kier molecular flexibility index (Phi) is 6.65. The smallest absolute Gasteiger partial charge is 0.218 e. The van der Waals surface area contributed by atoms with Gasteiger partial charge in [-0.3, -0.25) is 0 Å². The van der Waals surface area contributed by atoms with E-state index < -0.39 is 59.2 Å². The second kappa shape index (κ2) is 6.99. The predicted octanol–water partition coefficient (Wildman–Crippen LogP) is 6.66. The van der Waals surface area contributed by atoms with Gasteiger partial charge in [-0.25, -0.2) is 4.39 Å². The molecule has 0 rings (SSSR count). The first-order valence-electron chi connectivity index (χ1n) is 6.15. The predicted molar refractivity (Wildman–Crippen MR) is 49.7 cm³/mol. The zero-order chi connectivity index (χ0) is 26.1. The van der Waals surface area contributed by atoms with Gasteiger partial charge in [0.1, 0.15) is 0 Å². The molecule has 1 atom stereocenters. The van der Waals surface area contributed by atoms with Crippen LogP contribution in [0.25, 0.3) is 0 Å². The molecule has 0 bridgehead atoms. The fraction of sp³-hybridized carbons (Fsp3) is 1.00. The van der Waals surface area contributed by atoms with Crippen molar-refractivity contribution in [1.29, 1.82) is 0 Å². The molecule has 0 aromatic rings. The lowest BCUT2D eigenvalue weighted by Crippen LogP contribution is -2.78. The Balaban J connectivity index is 7.17. The summed E-state index contributed by atoms with van der Waals surface area (Å²) >= 11 is 0. The largest absolute Gasteiger partial charge is 0.461 e. The Labute approximate surface area is 153 Å². The topological polar surface area (TPSA) is 3.24 Å². The molecule has 0 saturated heterocycles. The first kappa shape index (κ1) is 29.5. The van der Waals surface area contributed by atoms with Crippen LogP contribution in [0.2, 0.25) is 0 Å². The molecule has 0 aromatic heterocycles. The SMILES string of the molecule is FN(C(F)(F)C(F)(F)C(F)(F)F)C(F)(F)C(F)(C(F)(F)F)C(F)(F)C(F)(F)C(F)(F)F. The molecule has 0 fully saturated rings. The summed E-state index contributed by atoms with van der Waals surface area (Å²) in [5, 5.41) is -5.18. The van der Waals surface area contributed by atoms with Crippen LogP contribution >= 0.6 is 0 Å². The lowest BCUT2D eigenvalue weighted by Gasteiger charge is -2.45. The second-order valence-electron chi connectivity index (χ2n) is 5.24. The molecule has 188 valence electrons. The number of rotatable bonds is 6. The van der Waals surface area contributed by atoms with Crippen LogP contribution in [0.5, 0.6) is 0 Å². The van der Waals surface area contributed by atoms with E-state index in [1.807, 2.05) is 0 Å². The van der Waals surface area contributed by atoms with E-state index in [0.717, 1.165) is 0 Å². The molecule has 0 amide bonds. The van der Waals surface area contributed by atoms with Crippen molar-refractivity contribution in [3.8, 4) is 0 Å². The van der Waals surface area contributed by atoms with Crippen molar-refractivity contribution in [3.63, 3.8) is 0 Å². The van der Waals surface area contributed by atoms with Gasteiger partial charge in [0, 0.05) is 0 Å². The van der Waals surface area contributed by atoms with Gasteiger partial charge in [-0.05, 0) is 5.12 Å². The van der Waals surface area contributed by atoms with Crippen molar-refractivity contribution in [1.82, 2.24) is 5.12 Å². The number of hydrogen-bond acceptors (Lipinski definition) is 1. The number of halogens is 21. The van der Waals surface area contributed by atoms with Crippen LogP contribution in [-0.4, -0.2) is 59.2 Å². The zero-order valence-electron chi connectivity index (χ0n) is 12.9. The molecule has 22 heteroatoms. The van der Waals surface area contributed by atoms with Crippen molar-refractivity contribution >= 4 is 0 Å². The Bertz CT molecular complexity index is 649. The van der Waals surface area contributed by atoms with Crippen LogP contribution in [-0.2, 0) is 0 Å². The van der Waals surface area contributed by atoms with Crippen LogP contribution < -0.4 is 0 Å². The van der Waals surface area contributed by atoms with E-state index in [4.69, 9.17) is 0 Å². The highest BCUT2D eigenvalue weighted by Gasteiger charge is 2.96. The van der Waals surface area contributed by atoms with E-state index in [9.17, 15) is 92.3 Å². The molecule has 0 radical (unpaired) electrons. The molecule has 0 saturated carbocycles. The summed E-state index contributed by atoms with van der Waals surface area (Å²) in [5.41, 5.74) is -9.17. The van der Waals surface area contributed by atoms with Gasteiger partial charge < -0.3 is 0 Å². The highest BCUT2D eigenvalue weighted by Crippen LogP contribution is 2.64. The number of hydrogen-bond donors (Lipinski definition) is 0. The lowest BCUT2D eigenvalue weighted by molar-refractivity contribution is -0.509. The molecule has 0 aromatic carbocycles. The third-order valence-electron chi connectivity index (χ3n) is 3.22. The van der Waals surface area contributed by atoms with E-state index in [1.54, 1.807) is 0 Å². The van der Waals surface area contributed by atoms with E-state index in [0.29, 0.717) is 0 Å². The molecular formula is C9F21N. The van der Waals surface area contributed by atoms with Crippen LogP contribution in [0.4, 0.5) is 92.3 Å². The summed E-state index contributed by atoms with van der Waals surface area (Å²) in [6.07, 6.45) is -24.6. The van der Waals surface area contributed by atoms with E-state index in [1.165, 1.54) is 0 Å². The van der Waals surface area contributed by atoms with Crippen LogP contribution in [0, 0.1) is 0 Å². The normalized spacial score (nSPS) is 18.4. The molecule has 0 aliphatic heterocycles. The summed E-state index contributed by atoms with van der Waals surface area (Å²) in [4.78, 5) is 0. The average Bonchev–Trinajstić information content (AvgIpc) is 2.48. The second-order valence-corrected chi connectivity index (χ2v) is 5.24. The first-order chi connectivity index (χ1) is 12.9. The van der Waals surface area contributed by atoms with Gasteiger partial charge >= 0.3 is 54.1 Å². The minimum absolute atomic E-state index is 5.18. The number of nitrogens with zero attached hydrogens (tertiary/aromatic N) is 1. The minimum atomic E-state index is -9.17. The fourth-order valence-corrected chi connectivity index (χ4v) is 1.54. The van der Waals surface area contributed by atoms with Gasteiger partial charge in [0.05, 0.1) is 0 Å². The molecule has 0 aliphatic carbocycles. The highest BCUT2D eigenvalue weighted by molar-refractivity contribution is 5.15. The van der Waals surface area contributed by atoms with E-state index >= 15 is 0 Å². The quantitative estimate of drug-likeness (QED) is 0.215. The fourth-order valence-electron chi connectivity index (χ4n) is 1.54. The molecular weight excluding hydrogens is 521 g/mol.